The van der Waals surface area contributed by atoms with Gasteiger partial charge in [-0.05, 0) is 58.7 Å². The topological polar surface area (TPSA) is 25.8 Å². The molecule has 0 saturated heterocycles. The molecule has 0 radical (unpaired) electrons. The lowest BCUT2D eigenvalue weighted by Crippen LogP contribution is -1.93. The Labute approximate surface area is 257 Å². The van der Waals surface area contributed by atoms with Crippen LogP contribution < -0.4 is 0 Å². The predicted octanol–water partition coefficient (Wildman–Crippen LogP) is 11.1. The average Bonchev–Trinajstić information content (AvgIpc) is 3.11. The minimum Gasteiger partial charge on any atom is -0.247 e. The Kier molecular flexibility index (Phi) is 6.51. The fourth-order valence-corrected chi connectivity index (χ4v) is 6.02. The van der Waals surface area contributed by atoms with Crippen molar-refractivity contribution in [3.63, 3.8) is 0 Å². The van der Waals surface area contributed by atoms with Crippen LogP contribution in [0.3, 0.4) is 0 Å². The van der Waals surface area contributed by atoms with Gasteiger partial charge in [-0.25, -0.2) is 9.97 Å². The van der Waals surface area contributed by atoms with E-state index in [-0.39, 0.29) is 0 Å². The van der Waals surface area contributed by atoms with E-state index in [1.54, 1.807) is 0 Å². The molecule has 8 aromatic rings. The van der Waals surface area contributed by atoms with Gasteiger partial charge in [-0.15, -0.1) is 0 Å². The molecule has 2 nitrogen and oxygen atoms in total. The summed E-state index contributed by atoms with van der Waals surface area (Å²) in [5.74, 6) is 0. The molecule has 2 heteroatoms. The highest BCUT2D eigenvalue weighted by molar-refractivity contribution is 5.96. The van der Waals surface area contributed by atoms with E-state index in [4.69, 9.17) is 9.97 Å². The molecule has 0 amide bonds. The molecular formula is C42H28N2. The Hall–Kier alpha value is -5.86. The Morgan fingerprint density at radius 2 is 0.614 bits per heavy atom. The van der Waals surface area contributed by atoms with Gasteiger partial charge in [0.2, 0.25) is 0 Å². The Morgan fingerprint density at radius 1 is 0.273 bits per heavy atom. The third-order valence-electron chi connectivity index (χ3n) is 8.23. The van der Waals surface area contributed by atoms with Crippen LogP contribution in [-0.2, 0) is 0 Å². The third-order valence-corrected chi connectivity index (χ3v) is 8.23. The van der Waals surface area contributed by atoms with Crippen molar-refractivity contribution in [1.82, 2.24) is 9.97 Å². The molecule has 2 aromatic heterocycles. The lowest BCUT2D eigenvalue weighted by Gasteiger charge is -2.14. The highest BCUT2D eigenvalue weighted by atomic mass is 14.7. The molecular weight excluding hydrogens is 532 g/mol. The number of aromatic nitrogens is 2. The molecule has 0 saturated carbocycles. The van der Waals surface area contributed by atoms with Crippen LogP contribution in [-0.4, -0.2) is 9.97 Å². The Bertz CT molecular complexity index is 2080. The molecule has 0 aliphatic carbocycles. The van der Waals surface area contributed by atoms with Crippen molar-refractivity contribution >= 4 is 21.8 Å². The molecule has 2 heterocycles. The van der Waals surface area contributed by atoms with Gasteiger partial charge in [0.25, 0.3) is 0 Å². The van der Waals surface area contributed by atoms with Crippen molar-refractivity contribution in [2.24, 2.45) is 0 Å². The summed E-state index contributed by atoms with van der Waals surface area (Å²) in [5, 5.41) is 2.23. The zero-order valence-corrected chi connectivity index (χ0v) is 24.1. The van der Waals surface area contributed by atoms with Gasteiger partial charge in [0.05, 0.1) is 22.4 Å². The number of pyridine rings is 2. The lowest BCUT2D eigenvalue weighted by atomic mass is 9.94. The molecule has 206 valence electrons. The number of hydrogen-bond acceptors (Lipinski definition) is 2. The van der Waals surface area contributed by atoms with Gasteiger partial charge in [-0.2, -0.15) is 0 Å². The molecule has 6 aromatic carbocycles. The van der Waals surface area contributed by atoms with Crippen LogP contribution in [0, 0.1) is 0 Å². The molecule has 0 aliphatic heterocycles. The van der Waals surface area contributed by atoms with Gasteiger partial charge in [0, 0.05) is 33.0 Å². The van der Waals surface area contributed by atoms with Crippen LogP contribution in [0.5, 0.6) is 0 Å². The van der Waals surface area contributed by atoms with E-state index >= 15 is 0 Å². The first-order valence-electron chi connectivity index (χ1n) is 14.9. The number of rotatable bonds is 5. The molecule has 0 fully saturated rings. The molecule has 0 atom stereocenters. The summed E-state index contributed by atoms with van der Waals surface area (Å²) >= 11 is 0. The predicted molar refractivity (Wildman–Crippen MR) is 184 cm³/mol. The largest absolute Gasteiger partial charge is 0.247 e. The summed E-state index contributed by atoms with van der Waals surface area (Å²) in [6.45, 7) is 0. The summed E-state index contributed by atoms with van der Waals surface area (Å²) < 4.78 is 0. The van der Waals surface area contributed by atoms with Gasteiger partial charge in [0.1, 0.15) is 0 Å². The van der Waals surface area contributed by atoms with E-state index in [1.165, 1.54) is 0 Å². The van der Waals surface area contributed by atoms with Gasteiger partial charge in [-0.1, -0.05) is 133 Å². The number of nitrogens with zero attached hydrogens (tertiary/aromatic N) is 2. The molecule has 0 N–H and O–H groups in total. The fourth-order valence-electron chi connectivity index (χ4n) is 6.02. The van der Waals surface area contributed by atoms with Crippen molar-refractivity contribution in [2.75, 3.05) is 0 Å². The zero-order valence-electron chi connectivity index (χ0n) is 24.1. The lowest BCUT2D eigenvalue weighted by molar-refractivity contribution is 1.39. The molecule has 0 aliphatic rings. The van der Waals surface area contributed by atoms with Crippen molar-refractivity contribution in [1.29, 1.82) is 0 Å². The van der Waals surface area contributed by atoms with Crippen molar-refractivity contribution in [3.8, 4) is 55.9 Å². The maximum Gasteiger partial charge on any atom is 0.0788 e. The average molecular weight is 561 g/mol. The van der Waals surface area contributed by atoms with Gasteiger partial charge in [0.15, 0.2) is 0 Å². The maximum absolute atomic E-state index is 5.18. The summed E-state index contributed by atoms with van der Waals surface area (Å²) in [6, 6.07) is 59.7. The van der Waals surface area contributed by atoms with Crippen molar-refractivity contribution in [2.45, 2.75) is 0 Å². The second-order valence-electron chi connectivity index (χ2n) is 11.0. The fraction of sp³-hybridized carbons (Fsp3) is 0. The highest BCUT2D eigenvalue weighted by Gasteiger charge is 2.14. The van der Waals surface area contributed by atoms with Gasteiger partial charge >= 0.3 is 0 Å². The number of fused-ring (bicyclic) bond motifs is 2. The van der Waals surface area contributed by atoms with Crippen LogP contribution in [0.15, 0.2) is 170 Å². The van der Waals surface area contributed by atoms with E-state index in [0.717, 1.165) is 77.7 Å². The van der Waals surface area contributed by atoms with Crippen LogP contribution in [0.1, 0.15) is 0 Å². The minimum atomic E-state index is 0.980. The Balaban J connectivity index is 1.27. The molecule has 8 rings (SSSR count). The van der Waals surface area contributed by atoms with Gasteiger partial charge < -0.3 is 0 Å². The molecule has 0 spiro atoms. The van der Waals surface area contributed by atoms with E-state index < -0.39 is 0 Å². The maximum atomic E-state index is 5.18. The number of benzene rings is 6. The van der Waals surface area contributed by atoms with E-state index in [2.05, 4.69) is 158 Å². The smallest absolute Gasteiger partial charge is 0.0788 e. The molecule has 0 unspecified atom stereocenters. The van der Waals surface area contributed by atoms with E-state index in [9.17, 15) is 0 Å². The second kappa shape index (κ2) is 11.1. The first-order valence-corrected chi connectivity index (χ1v) is 14.9. The highest BCUT2D eigenvalue weighted by Crippen LogP contribution is 2.37. The van der Waals surface area contributed by atoms with Crippen LogP contribution in [0.2, 0.25) is 0 Å². The monoisotopic (exact) mass is 560 g/mol. The van der Waals surface area contributed by atoms with E-state index in [0.29, 0.717) is 0 Å². The third kappa shape index (κ3) is 4.83. The number of hydrogen-bond donors (Lipinski definition) is 0. The Morgan fingerprint density at radius 3 is 0.977 bits per heavy atom. The normalized spacial score (nSPS) is 11.2. The minimum absolute atomic E-state index is 0.980. The summed E-state index contributed by atoms with van der Waals surface area (Å²) in [4.78, 5) is 10.4. The second-order valence-corrected chi connectivity index (χ2v) is 11.0. The standard InChI is InChI=1S/C42H28N2/c1-5-13-29(14-6-1)37-27-35-25-33(21-23-39(35)43-41(37)31-17-9-3-10-18-31)34-22-24-40-36(26-34)28-38(30-15-7-2-8-16-30)42(44-40)32-19-11-4-12-20-32/h1-28H. The van der Waals surface area contributed by atoms with Crippen molar-refractivity contribution in [3.05, 3.63) is 170 Å². The first-order chi connectivity index (χ1) is 21.8. The summed E-state index contributed by atoms with van der Waals surface area (Å²) in [6.07, 6.45) is 0. The quantitative estimate of drug-likeness (QED) is 0.209. The van der Waals surface area contributed by atoms with Crippen LogP contribution in [0.25, 0.3) is 77.7 Å². The van der Waals surface area contributed by atoms with Gasteiger partial charge in [-0.3, -0.25) is 0 Å². The summed E-state index contributed by atoms with van der Waals surface area (Å²) in [7, 11) is 0. The van der Waals surface area contributed by atoms with E-state index in [1.807, 2.05) is 12.1 Å². The molecule has 0 bridgehead atoms. The first kappa shape index (κ1) is 25.8. The van der Waals surface area contributed by atoms with Crippen molar-refractivity contribution < 1.29 is 0 Å². The van der Waals surface area contributed by atoms with Crippen LogP contribution >= 0.6 is 0 Å². The summed E-state index contributed by atoms with van der Waals surface area (Å²) in [5.41, 5.74) is 13.1. The van der Waals surface area contributed by atoms with Crippen LogP contribution in [0.4, 0.5) is 0 Å². The molecule has 44 heavy (non-hydrogen) atoms. The SMILES string of the molecule is c1ccc(-c2cc3cc(-c4ccc5nc(-c6ccccc6)c(-c6ccccc6)cc5c4)ccc3nc2-c2ccccc2)cc1. The zero-order chi connectivity index (χ0) is 29.3.